The highest BCUT2D eigenvalue weighted by Crippen LogP contribution is 2.54. The van der Waals surface area contributed by atoms with Crippen molar-refractivity contribution in [2.24, 2.45) is 0 Å². The minimum atomic E-state index is -3.05. The summed E-state index contributed by atoms with van der Waals surface area (Å²) in [6, 6.07) is 12.1. The van der Waals surface area contributed by atoms with Gasteiger partial charge in [0.1, 0.15) is 5.75 Å². The molecule has 1 aromatic heterocycles. The third-order valence-corrected chi connectivity index (χ3v) is 5.60. The number of nitrogens with zero attached hydrogens (tertiary/aromatic N) is 1. The molecule has 0 spiro atoms. The number of hydrogen-bond donors (Lipinski definition) is 4. The molecule has 27 heavy (non-hydrogen) atoms. The van der Waals surface area contributed by atoms with Crippen LogP contribution in [0.4, 0.5) is 0 Å². The highest BCUT2D eigenvalue weighted by molar-refractivity contribution is 7.10. The van der Waals surface area contributed by atoms with Gasteiger partial charge in [0.15, 0.2) is 10.7 Å². The first-order chi connectivity index (χ1) is 12.8. The van der Waals surface area contributed by atoms with Gasteiger partial charge in [0, 0.05) is 5.38 Å². The van der Waals surface area contributed by atoms with E-state index in [0.29, 0.717) is 22.5 Å². The monoisotopic (exact) mass is 405 g/mol. The molecule has 1 aliphatic rings. The van der Waals surface area contributed by atoms with Crippen molar-refractivity contribution in [1.29, 1.82) is 0 Å². The Kier molecular flexibility index (Phi) is 3.99. The number of benzene rings is 2. The lowest BCUT2D eigenvalue weighted by Gasteiger charge is -2.34. The number of fused-ring (bicyclic) bond motifs is 2. The number of carbonyl (C=O) groups is 1. The molecule has 3 aromatic rings. The number of ether oxygens (including phenoxy) is 1. The molecule has 2 bridgehead atoms. The number of hydrogen-bond acceptors (Lipinski definition) is 7. The molecule has 1 atom stereocenters. The fourth-order valence-electron chi connectivity index (χ4n) is 2.96. The average Bonchev–Trinajstić information content (AvgIpc) is 3.19. The number of halogens is 1. The lowest BCUT2D eigenvalue weighted by Crippen LogP contribution is -2.52. The lowest BCUT2D eigenvalue weighted by atomic mass is 9.91. The highest BCUT2D eigenvalue weighted by atomic mass is 35.5. The van der Waals surface area contributed by atoms with Crippen LogP contribution >= 0.6 is 22.9 Å². The quantitative estimate of drug-likeness (QED) is 0.492. The van der Waals surface area contributed by atoms with Gasteiger partial charge >= 0.3 is 5.97 Å². The van der Waals surface area contributed by atoms with Crippen LogP contribution < -0.4 is 4.74 Å². The van der Waals surface area contributed by atoms with Crippen LogP contribution in [0.3, 0.4) is 0 Å². The molecule has 0 fully saturated rings. The van der Waals surface area contributed by atoms with E-state index >= 15 is 0 Å². The lowest BCUT2D eigenvalue weighted by molar-refractivity contribution is -0.358. The van der Waals surface area contributed by atoms with Crippen molar-refractivity contribution in [1.82, 2.24) is 4.98 Å². The number of aliphatic hydroxyl groups is 3. The number of rotatable bonds is 4. The Bertz CT molecular complexity index is 1050. The van der Waals surface area contributed by atoms with Crippen molar-refractivity contribution in [2.45, 2.75) is 11.6 Å². The van der Waals surface area contributed by atoms with Crippen molar-refractivity contribution >= 4 is 28.9 Å². The normalized spacial score (nSPS) is 18.4. The standard InChI is InChI=1S/C18H12ClNO6S/c19-14-12-7-6-10(9-4-2-1-3-5-9)13(14)18(25,26-12)17(23,24)16-20-11(8-27-16)15(21)22/h1-8,23-25H,(H,21,22). The summed E-state index contributed by atoms with van der Waals surface area (Å²) in [6.07, 6.45) is 0. The number of aromatic carboxylic acids is 1. The van der Waals surface area contributed by atoms with Gasteiger partial charge in [-0.1, -0.05) is 48.0 Å². The summed E-state index contributed by atoms with van der Waals surface area (Å²) < 4.78 is 5.40. The van der Waals surface area contributed by atoms with Crippen LogP contribution in [-0.2, 0) is 11.6 Å². The molecule has 2 aromatic carbocycles. The molecule has 0 aliphatic carbocycles. The highest BCUT2D eigenvalue weighted by Gasteiger charge is 2.61. The second-order valence-corrected chi connectivity index (χ2v) is 7.16. The maximum absolute atomic E-state index is 11.2. The van der Waals surface area contributed by atoms with Crippen LogP contribution in [0.1, 0.15) is 21.1 Å². The van der Waals surface area contributed by atoms with Gasteiger partial charge in [0.2, 0.25) is 0 Å². The van der Waals surface area contributed by atoms with Crippen molar-refractivity contribution in [3.63, 3.8) is 0 Å². The average molecular weight is 406 g/mol. The molecule has 4 N–H and O–H groups in total. The second kappa shape index (κ2) is 6.01. The van der Waals surface area contributed by atoms with E-state index in [4.69, 9.17) is 21.4 Å². The topological polar surface area (TPSA) is 120 Å². The van der Waals surface area contributed by atoms with Gasteiger partial charge in [-0.15, -0.1) is 11.3 Å². The molecule has 0 saturated carbocycles. The van der Waals surface area contributed by atoms with Crippen molar-refractivity contribution in [3.05, 3.63) is 69.1 Å². The van der Waals surface area contributed by atoms with E-state index in [1.807, 2.05) is 6.07 Å². The van der Waals surface area contributed by atoms with Gasteiger partial charge in [-0.05, 0) is 17.2 Å². The molecular weight excluding hydrogens is 394 g/mol. The van der Waals surface area contributed by atoms with Gasteiger partial charge < -0.3 is 25.2 Å². The van der Waals surface area contributed by atoms with Crippen LogP contribution in [0.25, 0.3) is 11.1 Å². The first-order valence-electron chi connectivity index (χ1n) is 7.69. The van der Waals surface area contributed by atoms with Crippen LogP contribution in [0.5, 0.6) is 5.75 Å². The second-order valence-electron chi connectivity index (χ2n) is 5.93. The minimum Gasteiger partial charge on any atom is -0.476 e. The first kappa shape index (κ1) is 17.9. The number of carboxylic acids is 1. The largest absolute Gasteiger partial charge is 0.476 e. The predicted molar refractivity (Wildman–Crippen MR) is 96.6 cm³/mol. The predicted octanol–water partition coefficient (Wildman–Crippen LogP) is 2.54. The number of thiazole rings is 1. The fourth-order valence-corrected chi connectivity index (χ4v) is 4.12. The number of aromatic nitrogens is 1. The third kappa shape index (κ3) is 2.53. The maximum atomic E-state index is 11.2. The minimum absolute atomic E-state index is 0.0290. The van der Waals surface area contributed by atoms with Crippen molar-refractivity contribution in [3.8, 4) is 16.9 Å². The molecule has 0 amide bonds. The zero-order valence-corrected chi connectivity index (χ0v) is 15.0. The summed E-state index contributed by atoms with van der Waals surface area (Å²) in [4.78, 5) is 14.7. The smallest absolute Gasteiger partial charge is 0.355 e. The van der Waals surface area contributed by atoms with Crippen LogP contribution in [0, 0.1) is 0 Å². The van der Waals surface area contributed by atoms with E-state index in [9.17, 15) is 20.1 Å². The summed E-state index contributed by atoms with van der Waals surface area (Å²) >= 11 is 6.98. The summed E-state index contributed by atoms with van der Waals surface area (Å²) in [5, 5.41) is 42.4. The Hall–Kier alpha value is -2.49. The summed E-state index contributed by atoms with van der Waals surface area (Å²) in [7, 11) is 0. The van der Waals surface area contributed by atoms with E-state index < -0.39 is 22.6 Å². The molecule has 1 aliphatic heterocycles. The molecule has 138 valence electrons. The van der Waals surface area contributed by atoms with Crippen LogP contribution in [0.15, 0.2) is 47.8 Å². The Balaban J connectivity index is 1.89. The van der Waals surface area contributed by atoms with Gasteiger partial charge in [-0.25, -0.2) is 9.78 Å². The van der Waals surface area contributed by atoms with E-state index in [1.165, 1.54) is 6.07 Å². The van der Waals surface area contributed by atoms with Crippen molar-refractivity contribution in [2.75, 3.05) is 0 Å². The Morgan fingerprint density at radius 1 is 1.19 bits per heavy atom. The summed E-state index contributed by atoms with van der Waals surface area (Å²) in [6.45, 7) is 0. The zero-order valence-electron chi connectivity index (χ0n) is 13.5. The number of carboxylic acid groups (broad SMARTS) is 1. The molecule has 9 heteroatoms. The van der Waals surface area contributed by atoms with E-state index in [0.717, 1.165) is 5.38 Å². The molecule has 0 saturated heterocycles. The molecule has 2 heterocycles. The summed E-state index contributed by atoms with van der Waals surface area (Å²) in [5.41, 5.74) is 0.688. The third-order valence-electron chi connectivity index (χ3n) is 4.28. The van der Waals surface area contributed by atoms with Crippen molar-refractivity contribution < 1.29 is 30.0 Å². The van der Waals surface area contributed by atoms with E-state index in [-0.39, 0.29) is 22.0 Å². The SMILES string of the molecule is O=C(O)c1csc(C(O)(O)C2(O)Oc3ccc(-c4ccccc4)c2c3Cl)n1. The zero-order chi connectivity index (χ0) is 19.4. The van der Waals surface area contributed by atoms with Gasteiger partial charge in [-0.3, -0.25) is 0 Å². The summed E-state index contributed by atoms with van der Waals surface area (Å²) in [5.74, 6) is -7.00. The molecule has 4 rings (SSSR count). The van der Waals surface area contributed by atoms with Crippen LogP contribution in [0.2, 0.25) is 5.02 Å². The Labute approximate surface area is 161 Å². The van der Waals surface area contributed by atoms with E-state index in [2.05, 4.69) is 4.98 Å². The van der Waals surface area contributed by atoms with Gasteiger partial charge in [0.05, 0.1) is 10.6 Å². The van der Waals surface area contributed by atoms with Gasteiger partial charge in [-0.2, -0.15) is 0 Å². The van der Waals surface area contributed by atoms with Gasteiger partial charge in [0.25, 0.3) is 11.6 Å². The molecule has 1 unspecified atom stereocenters. The molecular formula is C18H12ClNO6S. The molecule has 7 nitrogen and oxygen atoms in total. The fraction of sp³-hybridized carbons (Fsp3) is 0.111. The van der Waals surface area contributed by atoms with E-state index in [1.54, 1.807) is 30.3 Å². The van der Waals surface area contributed by atoms with Crippen LogP contribution in [-0.4, -0.2) is 31.4 Å². The molecule has 0 radical (unpaired) electrons. The maximum Gasteiger partial charge on any atom is 0.355 e. The first-order valence-corrected chi connectivity index (χ1v) is 8.95. The Morgan fingerprint density at radius 3 is 2.52 bits per heavy atom. The Morgan fingerprint density at radius 2 is 1.89 bits per heavy atom.